The van der Waals surface area contributed by atoms with E-state index in [1.165, 1.54) is 14.1 Å². The molecular weight excluding hydrogens is 572 g/mol. The van der Waals surface area contributed by atoms with Crippen molar-refractivity contribution in [3.05, 3.63) is 182 Å². The zero-order valence-electron chi connectivity index (χ0n) is 30.1. The molecule has 46 heavy (non-hydrogen) atoms. The first-order valence-electron chi connectivity index (χ1n) is 14.4. The standard InChI is InChI=1S/5C6H6.4C2H6O.2CH5N/c5*1-2-4-6-5-3-1;4*1-3-2;2*1-2/h5*1-6H;4*1-2H3;2*2H2,1H3. The van der Waals surface area contributed by atoms with Crippen LogP contribution >= 0.6 is 0 Å². The van der Waals surface area contributed by atoms with Crippen molar-refractivity contribution >= 4 is 0 Å². The van der Waals surface area contributed by atoms with Crippen molar-refractivity contribution in [1.82, 2.24) is 0 Å². The van der Waals surface area contributed by atoms with E-state index in [0.717, 1.165) is 0 Å². The molecule has 0 fully saturated rings. The Labute approximate surface area is 283 Å². The predicted octanol–water partition coefficient (Wildman–Crippen LogP) is 8.63. The lowest BCUT2D eigenvalue weighted by molar-refractivity contribution is 0.277. The lowest BCUT2D eigenvalue weighted by Crippen LogP contribution is -1.69. The van der Waals surface area contributed by atoms with Crippen molar-refractivity contribution in [3.8, 4) is 0 Å². The maximum Gasteiger partial charge on any atom is 0.0351 e. The van der Waals surface area contributed by atoms with Gasteiger partial charge in [0, 0.05) is 56.9 Å². The molecule has 0 bridgehead atoms. The maximum absolute atomic E-state index is 4.50. The largest absolute Gasteiger partial charge is 0.388 e. The second-order valence-corrected chi connectivity index (χ2v) is 7.41. The molecule has 5 aromatic carbocycles. The molecule has 0 unspecified atom stereocenters. The average molecular weight is 637 g/mol. The minimum Gasteiger partial charge on any atom is -0.388 e. The topological polar surface area (TPSA) is 89.0 Å². The summed E-state index contributed by atoms with van der Waals surface area (Å²) in [5, 5.41) is 0. The molecule has 0 radical (unpaired) electrons. The van der Waals surface area contributed by atoms with E-state index in [-0.39, 0.29) is 0 Å². The van der Waals surface area contributed by atoms with Crippen LogP contribution in [-0.4, -0.2) is 71.0 Å². The second kappa shape index (κ2) is 72.8. The van der Waals surface area contributed by atoms with Gasteiger partial charge < -0.3 is 30.4 Å². The Hall–Kier alpha value is -4.14. The summed E-state index contributed by atoms with van der Waals surface area (Å²) in [6, 6.07) is 60.0. The van der Waals surface area contributed by atoms with Crippen molar-refractivity contribution in [1.29, 1.82) is 0 Å². The molecule has 0 saturated heterocycles. The van der Waals surface area contributed by atoms with Gasteiger partial charge in [-0.05, 0) is 14.1 Å². The summed E-state index contributed by atoms with van der Waals surface area (Å²) in [5.74, 6) is 0. The molecule has 0 aliphatic heterocycles. The predicted molar refractivity (Wildman–Crippen MR) is 204 cm³/mol. The Morgan fingerprint density at radius 3 is 0.217 bits per heavy atom. The van der Waals surface area contributed by atoms with Crippen molar-refractivity contribution in [2.75, 3.05) is 71.0 Å². The summed E-state index contributed by atoms with van der Waals surface area (Å²) in [6.07, 6.45) is 0. The Balaban J connectivity index is -0.0000000982. The quantitative estimate of drug-likeness (QED) is 0.177. The van der Waals surface area contributed by atoms with Crippen LogP contribution in [0.3, 0.4) is 0 Å². The minimum atomic E-state index is 1.50. The number of rotatable bonds is 0. The number of benzene rings is 5. The number of nitrogens with two attached hydrogens (primary N) is 2. The fourth-order valence-electron chi connectivity index (χ4n) is 1.92. The van der Waals surface area contributed by atoms with E-state index in [0.29, 0.717) is 0 Å². The van der Waals surface area contributed by atoms with Crippen LogP contribution in [0.15, 0.2) is 182 Å². The Kier molecular flexibility index (Phi) is 86.0. The van der Waals surface area contributed by atoms with Gasteiger partial charge in [0.2, 0.25) is 0 Å². The zero-order chi connectivity index (χ0) is 36.0. The fourth-order valence-corrected chi connectivity index (χ4v) is 1.92. The Bertz CT molecular complexity index is 628. The van der Waals surface area contributed by atoms with Gasteiger partial charge in [-0.2, -0.15) is 0 Å². The summed E-state index contributed by atoms with van der Waals surface area (Å²) in [5.41, 5.74) is 9.00. The van der Waals surface area contributed by atoms with Gasteiger partial charge in [0.1, 0.15) is 0 Å². The molecule has 0 saturated carbocycles. The lowest BCUT2D eigenvalue weighted by atomic mass is 10.4. The summed E-state index contributed by atoms with van der Waals surface area (Å²) in [7, 11) is 16.0. The van der Waals surface area contributed by atoms with E-state index in [1.54, 1.807) is 56.9 Å². The van der Waals surface area contributed by atoms with Crippen molar-refractivity contribution in [2.24, 2.45) is 11.5 Å². The average Bonchev–Trinajstić information content (AvgIpc) is 3.16. The highest BCUT2D eigenvalue weighted by atomic mass is 16.5. The van der Waals surface area contributed by atoms with Gasteiger partial charge in [-0.25, -0.2) is 0 Å². The molecule has 0 atom stereocenters. The zero-order valence-corrected chi connectivity index (χ0v) is 30.1. The number of hydrogen-bond acceptors (Lipinski definition) is 6. The van der Waals surface area contributed by atoms with Crippen LogP contribution in [-0.2, 0) is 18.9 Å². The van der Waals surface area contributed by atoms with E-state index in [4.69, 9.17) is 0 Å². The molecule has 6 heteroatoms. The first-order chi connectivity index (χ1) is 22.7. The van der Waals surface area contributed by atoms with Gasteiger partial charge in [0.25, 0.3) is 0 Å². The SMILES string of the molecule is CN.CN.COC.COC.COC.COC.c1ccccc1.c1ccccc1.c1ccccc1.c1ccccc1.c1ccccc1. The third-order valence-corrected chi connectivity index (χ3v) is 3.33. The molecule has 0 heterocycles. The lowest BCUT2D eigenvalue weighted by Gasteiger charge is -1.69. The molecule has 0 aromatic heterocycles. The van der Waals surface area contributed by atoms with E-state index in [1.807, 2.05) is 182 Å². The van der Waals surface area contributed by atoms with Gasteiger partial charge in [0.05, 0.1) is 0 Å². The normalized spacial score (nSPS) is 7.04. The molecule has 258 valence electrons. The van der Waals surface area contributed by atoms with Crippen molar-refractivity contribution in [2.45, 2.75) is 0 Å². The molecule has 0 amide bonds. The van der Waals surface area contributed by atoms with Gasteiger partial charge in [0.15, 0.2) is 0 Å². The number of ether oxygens (including phenoxy) is 4. The fraction of sp³-hybridized carbons (Fsp3) is 0.250. The summed E-state index contributed by atoms with van der Waals surface area (Å²) in [6.45, 7) is 0. The van der Waals surface area contributed by atoms with E-state index in [2.05, 4.69) is 30.4 Å². The van der Waals surface area contributed by atoms with E-state index in [9.17, 15) is 0 Å². The highest BCUT2D eigenvalue weighted by molar-refractivity contribution is 5.01. The smallest absolute Gasteiger partial charge is 0.0351 e. The Morgan fingerprint density at radius 1 is 0.174 bits per heavy atom. The molecule has 0 aliphatic rings. The molecule has 0 spiro atoms. The van der Waals surface area contributed by atoms with Crippen molar-refractivity contribution in [3.63, 3.8) is 0 Å². The van der Waals surface area contributed by atoms with Crippen molar-refractivity contribution < 1.29 is 18.9 Å². The highest BCUT2D eigenvalue weighted by Gasteiger charge is 1.60. The maximum atomic E-state index is 4.50. The second-order valence-electron chi connectivity index (χ2n) is 7.41. The molecule has 5 aromatic rings. The summed E-state index contributed by atoms with van der Waals surface area (Å²) >= 11 is 0. The van der Waals surface area contributed by atoms with Crippen LogP contribution in [0.5, 0.6) is 0 Å². The highest BCUT2D eigenvalue weighted by Crippen LogP contribution is 1.82. The van der Waals surface area contributed by atoms with Crippen LogP contribution in [0.4, 0.5) is 0 Å². The summed E-state index contributed by atoms with van der Waals surface area (Å²) < 4.78 is 17.0. The number of methoxy groups -OCH3 is 4. The van der Waals surface area contributed by atoms with Gasteiger partial charge in [-0.3, -0.25) is 0 Å². The minimum absolute atomic E-state index is 1.50. The molecule has 5 rings (SSSR count). The van der Waals surface area contributed by atoms with Crippen LogP contribution in [0.25, 0.3) is 0 Å². The number of hydrogen-bond donors (Lipinski definition) is 2. The first kappa shape index (κ1) is 54.3. The van der Waals surface area contributed by atoms with E-state index >= 15 is 0 Å². The first-order valence-corrected chi connectivity index (χ1v) is 14.4. The van der Waals surface area contributed by atoms with Crippen LogP contribution in [0.2, 0.25) is 0 Å². The Morgan fingerprint density at radius 2 is 0.196 bits per heavy atom. The van der Waals surface area contributed by atoms with Gasteiger partial charge >= 0.3 is 0 Å². The van der Waals surface area contributed by atoms with Gasteiger partial charge in [-0.15, -0.1) is 0 Å². The third-order valence-electron chi connectivity index (χ3n) is 3.33. The van der Waals surface area contributed by atoms with Gasteiger partial charge in [-0.1, -0.05) is 182 Å². The van der Waals surface area contributed by atoms with Crippen LogP contribution in [0.1, 0.15) is 0 Å². The molecule has 4 N–H and O–H groups in total. The van der Waals surface area contributed by atoms with E-state index < -0.39 is 0 Å². The van der Waals surface area contributed by atoms with Crippen LogP contribution in [0, 0.1) is 0 Å². The van der Waals surface area contributed by atoms with Crippen LogP contribution < -0.4 is 11.5 Å². The third kappa shape index (κ3) is 90.0. The summed E-state index contributed by atoms with van der Waals surface area (Å²) in [4.78, 5) is 0. The monoisotopic (exact) mass is 636 g/mol. The molecule has 0 aliphatic carbocycles. The molecule has 6 nitrogen and oxygen atoms in total. The molecular formula is C40H64N2O4.